The maximum Gasteiger partial charge on any atom is 0.201 e. The van der Waals surface area contributed by atoms with E-state index in [-0.39, 0.29) is 24.0 Å². The van der Waals surface area contributed by atoms with E-state index in [2.05, 4.69) is 25.7 Å². The fourth-order valence-electron chi connectivity index (χ4n) is 3.55. The molecule has 2 aromatic rings. The highest BCUT2D eigenvalue weighted by Crippen LogP contribution is 2.33. The predicted molar refractivity (Wildman–Crippen MR) is 113 cm³/mol. The third-order valence-electron chi connectivity index (χ3n) is 5.21. The van der Waals surface area contributed by atoms with Gasteiger partial charge in [-0.15, -0.1) is 0 Å². The summed E-state index contributed by atoms with van der Waals surface area (Å²) in [5.74, 6) is -1.65. The Labute approximate surface area is 171 Å². The van der Waals surface area contributed by atoms with E-state index < -0.39 is 11.6 Å². The van der Waals surface area contributed by atoms with Crippen LogP contribution in [0.15, 0.2) is 61.2 Å². The second kappa shape index (κ2) is 10.4. The van der Waals surface area contributed by atoms with Crippen LogP contribution in [-0.2, 0) is 4.74 Å². The molecular weight excluding hydrogens is 370 g/mol. The van der Waals surface area contributed by atoms with Gasteiger partial charge in [-0.25, -0.2) is 4.39 Å². The van der Waals surface area contributed by atoms with Crippen LogP contribution in [-0.4, -0.2) is 19.3 Å². The molecule has 0 saturated carbocycles. The lowest BCUT2D eigenvalue weighted by Crippen LogP contribution is -2.23. The Balaban J connectivity index is 1.66. The minimum atomic E-state index is -0.976. The van der Waals surface area contributed by atoms with Gasteiger partial charge in [0.1, 0.15) is 6.61 Å². The fourth-order valence-corrected chi connectivity index (χ4v) is 3.55. The zero-order chi connectivity index (χ0) is 20.6. The summed E-state index contributed by atoms with van der Waals surface area (Å²) in [5.41, 5.74) is 2.02. The molecule has 2 aromatic carbocycles. The van der Waals surface area contributed by atoms with Crippen LogP contribution >= 0.6 is 0 Å². The first-order valence-electron chi connectivity index (χ1n) is 10.2. The minimum Gasteiger partial charge on any atom is -0.486 e. The van der Waals surface area contributed by atoms with E-state index in [1.165, 1.54) is 12.1 Å². The van der Waals surface area contributed by atoms with Crippen molar-refractivity contribution in [1.82, 2.24) is 0 Å². The Morgan fingerprint density at radius 1 is 1.10 bits per heavy atom. The quantitative estimate of drug-likeness (QED) is 0.455. The average molecular weight is 398 g/mol. The van der Waals surface area contributed by atoms with E-state index in [4.69, 9.17) is 9.47 Å². The summed E-state index contributed by atoms with van der Waals surface area (Å²) in [6.45, 7) is 6.48. The lowest BCUT2D eigenvalue weighted by Gasteiger charge is -2.28. The van der Waals surface area contributed by atoms with Gasteiger partial charge in [-0.1, -0.05) is 62.4 Å². The van der Waals surface area contributed by atoms with Crippen LogP contribution in [0.5, 0.6) is 5.75 Å². The van der Waals surface area contributed by atoms with Crippen LogP contribution in [0, 0.1) is 11.6 Å². The van der Waals surface area contributed by atoms with Crippen molar-refractivity contribution in [1.29, 1.82) is 0 Å². The Bertz CT molecular complexity index is 835. The summed E-state index contributed by atoms with van der Waals surface area (Å²) in [4.78, 5) is 0. The molecular formula is C25H28F2O2. The van der Waals surface area contributed by atoms with Crippen molar-refractivity contribution in [2.45, 2.75) is 44.6 Å². The molecule has 2 unspecified atom stereocenters. The minimum absolute atomic E-state index is 0.107. The van der Waals surface area contributed by atoms with E-state index in [9.17, 15) is 8.78 Å². The molecule has 1 fully saturated rings. The molecule has 29 heavy (non-hydrogen) atoms. The van der Waals surface area contributed by atoms with Gasteiger partial charge in [-0.3, -0.25) is 0 Å². The third-order valence-corrected chi connectivity index (χ3v) is 5.21. The molecule has 1 aliphatic rings. The number of hydrogen-bond donors (Lipinski definition) is 0. The van der Waals surface area contributed by atoms with Crippen LogP contribution < -0.4 is 4.74 Å². The summed E-state index contributed by atoms with van der Waals surface area (Å²) in [6, 6.07) is 10.6. The molecule has 154 valence electrons. The van der Waals surface area contributed by atoms with Crippen molar-refractivity contribution in [2.75, 3.05) is 13.2 Å². The van der Waals surface area contributed by atoms with Gasteiger partial charge >= 0.3 is 0 Å². The Kier molecular flexibility index (Phi) is 7.59. The first-order chi connectivity index (χ1) is 14.1. The van der Waals surface area contributed by atoms with Gasteiger partial charge in [-0.2, -0.15) is 4.39 Å². The zero-order valence-corrected chi connectivity index (χ0v) is 16.9. The maximum atomic E-state index is 14.5. The molecule has 1 heterocycles. The molecule has 2 atom stereocenters. The summed E-state index contributed by atoms with van der Waals surface area (Å²) in [7, 11) is 0. The van der Waals surface area contributed by atoms with E-state index in [0.717, 1.165) is 31.2 Å². The molecule has 3 rings (SSSR count). The van der Waals surface area contributed by atoms with Gasteiger partial charge in [0.2, 0.25) is 5.82 Å². The fraction of sp³-hybridized carbons (Fsp3) is 0.360. The van der Waals surface area contributed by atoms with E-state index >= 15 is 0 Å². The average Bonchev–Trinajstić information content (AvgIpc) is 2.76. The normalized spacial score (nSPS) is 19.4. The molecule has 0 N–H and O–H groups in total. The number of hydrogen-bond acceptors (Lipinski definition) is 2. The Hall–Kier alpha value is -2.46. The van der Waals surface area contributed by atoms with Gasteiger partial charge in [0, 0.05) is 11.5 Å². The molecule has 0 amide bonds. The SMILES string of the molecule is C=CCOc1ccc(-c2ccc(C3CCC(C=CCCC)OC3)cc2)c(F)c1F. The van der Waals surface area contributed by atoms with Gasteiger partial charge in [-0.05, 0) is 42.5 Å². The van der Waals surface area contributed by atoms with Gasteiger partial charge < -0.3 is 9.47 Å². The molecule has 2 nitrogen and oxygen atoms in total. The highest BCUT2D eigenvalue weighted by molar-refractivity contribution is 5.65. The molecule has 0 aliphatic carbocycles. The van der Waals surface area contributed by atoms with Gasteiger partial charge in [0.25, 0.3) is 0 Å². The van der Waals surface area contributed by atoms with Crippen molar-refractivity contribution in [3.8, 4) is 16.9 Å². The first-order valence-corrected chi connectivity index (χ1v) is 10.2. The van der Waals surface area contributed by atoms with Gasteiger partial charge in [0.15, 0.2) is 11.6 Å². The molecule has 0 bridgehead atoms. The smallest absolute Gasteiger partial charge is 0.201 e. The molecule has 0 aromatic heterocycles. The van der Waals surface area contributed by atoms with Crippen molar-refractivity contribution in [3.05, 3.63) is 78.4 Å². The topological polar surface area (TPSA) is 18.5 Å². The number of allylic oxidation sites excluding steroid dienone is 1. The van der Waals surface area contributed by atoms with Crippen LogP contribution in [0.25, 0.3) is 11.1 Å². The first kappa shape index (κ1) is 21.3. The predicted octanol–water partition coefficient (Wildman–Crippen LogP) is 6.82. The summed E-state index contributed by atoms with van der Waals surface area (Å²) < 4.78 is 39.8. The second-order valence-corrected chi connectivity index (χ2v) is 7.32. The number of halogens is 2. The number of unbranched alkanes of at least 4 members (excludes halogenated alkanes) is 1. The van der Waals surface area contributed by atoms with Crippen molar-refractivity contribution >= 4 is 0 Å². The summed E-state index contributed by atoms with van der Waals surface area (Å²) in [5, 5.41) is 0. The van der Waals surface area contributed by atoms with Crippen LogP contribution in [0.1, 0.15) is 44.1 Å². The molecule has 1 saturated heterocycles. The maximum absolute atomic E-state index is 14.5. The summed E-state index contributed by atoms with van der Waals surface area (Å²) in [6.07, 6.45) is 10.3. The number of benzene rings is 2. The number of ether oxygens (including phenoxy) is 2. The Morgan fingerprint density at radius 2 is 1.90 bits per heavy atom. The Morgan fingerprint density at radius 3 is 2.55 bits per heavy atom. The van der Waals surface area contributed by atoms with Gasteiger partial charge in [0.05, 0.1) is 12.7 Å². The van der Waals surface area contributed by atoms with E-state index in [1.54, 1.807) is 6.07 Å². The standard InChI is InChI=1S/C25H28F2O2/c1-3-5-6-7-21-13-12-20(17-29-21)18-8-10-19(11-9-18)22-14-15-23(28-16-4-2)25(27)24(22)26/h4,6-11,14-15,20-21H,2-3,5,12-13,16-17H2,1H3. The zero-order valence-electron chi connectivity index (χ0n) is 16.9. The van der Waals surface area contributed by atoms with Crippen LogP contribution in [0.3, 0.4) is 0 Å². The highest BCUT2D eigenvalue weighted by Gasteiger charge is 2.22. The van der Waals surface area contributed by atoms with Crippen LogP contribution in [0.2, 0.25) is 0 Å². The molecule has 1 aliphatic heterocycles. The lowest BCUT2D eigenvalue weighted by molar-refractivity contribution is 0.0326. The number of rotatable bonds is 8. The lowest BCUT2D eigenvalue weighted by atomic mass is 9.90. The monoisotopic (exact) mass is 398 g/mol. The van der Waals surface area contributed by atoms with E-state index in [1.807, 2.05) is 24.3 Å². The highest BCUT2D eigenvalue weighted by atomic mass is 19.2. The molecule has 0 radical (unpaired) electrons. The third kappa shape index (κ3) is 5.33. The van der Waals surface area contributed by atoms with Crippen molar-refractivity contribution < 1.29 is 18.3 Å². The van der Waals surface area contributed by atoms with Crippen LogP contribution in [0.4, 0.5) is 8.78 Å². The largest absolute Gasteiger partial charge is 0.486 e. The molecule has 4 heteroatoms. The summed E-state index contributed by atoms with van der Waals surface area (Å²) >= 11 is 0. The molecule has 0 spiro atoms. The van der Waals surface area contributed by atoms with Crippen molar-refractivity contribution in [3.63, 3.8) is 0 Å². The van der Waals surface area contributed by atoms with Crippen molar-refractivity contribution in [2.24, 2.45) is 0 Å². The van der Waals surface area contributed by atoms with E-state index in [0.29, 0.717) is 18.1 Å². The second-order valence-electron chi connectivity index (χ2n) is 7.32.